The molecule has 0 aliphatic heterocycles. The lowest BCUT2D eigenvalue weighted by Gasteiger charge is -2.18. The van der Waals surface area contributed by atoms with Crippen LogP contribution in [0.1, 0.15) is 25.6 Å². The zero-order valence-corrected chi connectivity index (χ0v) is 11.2. The minimum atomic E-state index is -0.288. The fraction of sp³-hybridized carbons (Fsp3) is 0.545. The lowest BCUT2D eigenvalue weighted by molar-refractivity contribution is -0.130. The summed E-state index contributed by atoms with van der Waals surface area (Å²) in [6, 6.07) is 3.72. The molecule has 0 saturated heterocycles. The predicted molar refractivity (Wildman–Crippen MR) is 66.9 cm³/mol. The van der Waals surface area contributed by atoms with Gasteiger partial charge in [-0.25, -0.2) is 0 Å². The fourth-order valence-electron chi connectivity index (χ4n) is 0.966. The Morgan fingerprint density at radius 2 is 2.19 bits per heavy atom. The number of amides is 1. The van der Waals surface area contributed by atoms with Crippen molar-refractivity contribution in [2.24, 2.45) is 0 Å². The molecule has 0 aliphatic rings. The molecule has 0 atom stereocenters. The topological polar surface area (TPSA) is 38.3 Å². The van der Waals surface area contributed by atoms with Gasteiger partial charge in [0, 0.05) is 4.88 Å². The normalized spacial score (nSPS) is 11.5. The summed E-state index contributed by atoms with van der Waals surface area (Å²) < 4.78 is 6.08. The van der Waals surface area contributed by atoms with Gasteiger partial charge in [0.15, 0.2) is 0 Å². The van der Waals surface area contributed by atoms with Crippen molar-refractivity contribution in [1.82, 2.24) is 5.32 Å². The summed E-state index contributed by atoms with van der Waals surface area (Å²) in [5, 5.41) is 2.77. The van der Waals surface area contributed by atoms with Crippen molar-refractivity contribution in [3.8, 4) is 0 Å². The number of carbonyl (C=O) groups is 1. The van der Waals surface area contributed by atoms with E-state index >= 15 is 0 Å². The summed E-state index contributed by atoms with van der Waals surface area (Å²) in [6.45, 7) is 6.34. The molecule has 5 heteroatoms. The van der Waals surface area contributed by atoms with Gasteiger partial charge in [-0.05, 0) is 32.9 Å². The number of hydrogen-bond donors (Lipinski definition) is 1. The second kappa shape index (κ2) is 5.66. The molecule has 0 fully saturated rings. The number of hydrogen-bond acceptors (Lipinski definition) is 3. The van der Waals surface area contributed by atoms with Gasteiger partial charge >= 0.3 is 0 Å². The summed E-state index contributed by atoms with van der Waals surface area (Å²) in [5.74, 6) is -0.112. The molecular weight excluding hydrogens is 246 g/mol. The summed E-state index contributed by atoms with van der Waals surface area (Å²) >= 11 is 7.24. The van der Waals surface area contributed by atoms with E-state index in [2.05, 4.69) is 5.32 Å². The number of carbonyl (C=O) groups excluding carboxylic acids is 1. The first-order valence-corrected chi connectivity index (χ1v) is 6.21. The molecule has 0 spiro atoms. The van der Waals surface area contributed by atoms with Crippen molar-refractivity contribution < 1.29 is 9.53 Å². The van der Waals surface area contributed by atoms with E-state index in [-0.39, 0.29) is 18.1 Å². The molecule has 0 unspecified atom stereocenters. The standard InChI is InChI=1S/C11H16ClNO2S/c1-11(2,3)15-7-10(14)13-6-8-4-5-9(12)16-8/h4-5H,6-7H2,1-3H3,(H,13,14). The lowest BCUT2D eigenvalue weighted by atomic mass is 10.2. The van der Waals surface area contributed by atoms with Crippen LogP contribution in [0.5, 0.6) is 0 Å². The van der Waals surface area contributed by atoms with Gasteiger partial charge in [-0.1, -0.05) is 11.6 Å². The van der Waals surface area contributed by atoms with Crippen LogP contribution in [0, 0.1) is 0 Å². The highest BCUT2D eigenvalue weighted by molar-refractivity contribution is 7.16. The monoisotopic (exact) mass is 261 g/mol. The Bertz CT molecular complexity index is 357. The molecule has 0 bridgehead atoms. The van der Waals surface area contributed by atoms with Crippen LogP contribution in [0.15, 0.2) is 12.1 Å². The summed E-state index contributed by atoms with van der Waals surface area (Å²) in [7, 11) is 0. The number of nitrogens with one attached hydrogen (secondary N) is 1. The third-order valence-electron chi connectivity index (χ3n) is 1.72. The Morgan fingerprint density at radius 3 is 2.69 bits per heavy atom. The van der Waals surface area contributed by atoms with E-state index in [1.54, 1.807) is 0 Å². The zero-order chi connectivity index (χ0) is 12.2. The van der Waals surface area contributed by atoms with Gasteiger partial charge in [-0.3, -0.25) is 4.79 Å². The molecular formula is C11H16ClNO2S. The SMILES string of the molecule is CC(C)(C)OCC(=O)NCc1ccc(Cl)s1. The molecule has 1 rings (SSSR count). The Labute approximate surface area is 105 Å². The average Bonchev–Trinajstić information content (AvgIpc) is 2.57. The molecule has 1 aromatic heterocycles. The molecule has 1 heterocycles. The first kappa shape index (κ1) is 13.5. The summed E-state index contributed by atoms with van der Waals surface area (Å²) in [5.41, 5.74) is -0.288. The zero-order valence-electron chi connectivity index (χ0n) is 9.67. The largest absolute Gasteiger partial charge is 0.366 e. The van der Waals surface area contributed by atoms with Crippen molar-refractivity contribution in [3.05, 3.63) is 21.3 Å². The van der Waals surface area contributed by atoms with Crippen LogP contribution >= 0.6 is 22.9 Å². The molecule has 1 aromatic rings. The van der Waals surface area contributed by atoms with Gasteiger partial charge in [0.1, 0.15) is 6.61 Å². The first-order chi connectivity index (χ1) is 7.37. The van der Waals surface area contributed by atoms with Crippen molar-refractivity contribution in [3.63, 3.8) is 0 Å². The van der Waals surface area contributed by atoms with Crippen LogP contribution in [-0.4, -0.2) is 18.1 Å². The van der Waals surface area contributed by atoms with Crippen LogP contribution in [0.3, 0.4) is 0 Å². The van der Waals surface area contributed by atoms with Gasteiger partial charge in [-0.2, -0.15) is 0 Å². The maximum Gasteiger partial charge on any atom is 0.246 e. The quantitative estimate of drug-likeness (QED) is 0.905. The van der Waals surface area contributed by atoms with Crippen LogP contribution in [-0.2, 0) is 16.1 Å². The van der Waals surface area contributed by atoms with Crippen LogP contribution < -0.4 is 5.32 Å². The number of ether oxygens (including phenoxy) is 1. The molecule has 0 aliphatic carbocycles. The van der Waals surface area contributed by atoms with Gasteiger partial charge in [-0.15, -0.1) is 11.3 Å². The van der Waals surface area contributed by atoms with E-state index < -0.39 is 0 Å². The van der Waals surface area contributed by atoms with Gasteiger partial charge in [0.25, 0.3) is 0 Å². The van der Waals surface area contributed by atoms with Crippen LogP contribution in [0.25, 0.3) is 0 Å². The van der Waals surface area contributed by atoms with Crippen molar-refractivity contribution in [2.75, 3.05) is 6.61 Å². The van der Waals surface area contributed by atoms with E-state index in [9.17, 15) is 4.79 Å². The van der Waals surface area contributed by atoms with Crippen LogP contribution in [0.4, 0.5) is 0 Å². The van der Waals surface area contributed by atoms with E-state index in [1.807, 2.05) is 32.9 Å². The highest BCUT2D eigenvalue weighted by Crippen LogP contribution is 2.20. The van der Waals surface area contributed by atoms with Crippen molar-refractivity contribution in [1.29, 1.82) is 0 Å². The number of thiophene rings is 1. The Kier molecular flexibility index (Phi) is 4.77. The second-order valence-electron chi connectivity index (χ2n) is 4.38. The van der Waals surface area contributed by atoms with E-state index in [1.165, 1.54) is 11.3 Å². The predicted octanol–water partition coefficient (Wildman–Crippen LogP) is 2.83. The first-order valence-electron chi connectivity index (χ1n) is 5.02. The van der Waals surface area contributed by atoms with Gasteiger partial charge < -0.3 is 10.1 Å². The summed E-state index contributed by atoms with van der Waals surface area (Å²) in [6.07, 6.45) is 0. The maximum absolute atomic E-state index is 11.4. The summed E-state index contributed by atoms with van der Waals surface area (Å²) in [4.78, 5) is 12.4. The fourth-order valence-corrected chi connectivity index (χ4v) is 1.99. The van der Waals surface area contributed by atoms with E-state index in [0.717, 1.165) is 9.21 Å². The molecule has 16 heavy (non-hydrogen) atoms. The third kappa shape index (κ3) is 5.49. The smallest absolute Gasteiger partial charge is 0.246 e. The maximum atomic E-state index is 11.4. The molecule has 0 radical (unpaired) electrons. The highest BCUT2D eigenvalue weighted by atomic mass is 35.5. The molecule has 90 valence electrons. The number of halogens is 1. The minimum Gasteiger partial charge on any atom is -0.366 e. The molecule has 0 saturated carbocycles. The third-order valence-corrected chi connectivity index (χ3v) is 2.96. The van der Waals surface area contributed by atoms with E-state index in [0.29, 0.717) is 6.54 Å². The average molecular weight is 262 g/mol. The van der Waals surface area contributed by atoms with E-state index in [4.69, 9.17) is 16.3 Å². The molecule has 0 aromatic carbocycles. The number of rotatable bonds is 4. The van der Waals surface area contributed by atoms with Crippen LogP contribution in [0.2, 0.25) is 4.34 Å². The Balaban J connectivity index is 2.25. The molecule has 1 N–H and O–H groups in total. The minimum absolute atomic E-state index is 0.0859. The van der Waals surface area contributed by atoms with Gasteiger partial charge in [0.05, 0.1) is 16.5 Å². The molecule has 1 amide bonds. The molecule has 3 nitrogen and oxygen atoms in total. The second-order valence-corrected chi connectivity index (χ2v) is 6.18. The van der Waals surface area contributed by atoms with Gasteiger partial charge in [0.2, 0.25) is 5.91 Å². The Morgan fingerprint density at radius 1 is 1.50 bits per heavy atom. The Hall–Kier alpha value is -0.580. The van der Waals surface area contributed by atoms with Crippen molar-refractivity contribution in [2.45, 2.75) is 32.9 Å². The highest BCUT2D eigenvalue weighted by Gasteiger charge is 2.12. The van der Waals surface area contributed by atoms with Crippen molar-refractivity contribution >= 4 is 28.8 Å². The lowest BCUT2D eigenvalue weighted by Crippen LogP contribution is -2.31.